The quantitative estimate of drug-likeness (QED) is 0.458. The van der Waals surface area contributed by atoms with Crippen molar-refractivity contribution in [3.63, 3.8) is 0 Å². The Morgan fingerprint density at radius 1 is 1.07 bits per heavy atom. The molecule has 5 rings (SSSR count). The fourth-order valence-corrected chi connectivity index (χ4v) is 6.74. The Morgan fingerprint density at radius 2 is 1.74 bits per heavy atom. The third-order valence-corrected chi connectivity index (χ3v) is 9.02. The lowest BCUT2D eigenvalue weighted by atomic mass is 9.91. The molecule has 1 N–H and O–H groups in total. The first-order valence-corrected chi connectivity index (χ1v) is 15.7. The van der Waals surface area contributed by atoms with Gasteiger partial charge in [-0.3, -0.25) is 4.79 Å². The van der Waals surface area contributed by atoms with Crippen LogP contribution in [0.2, 0.25) is 5.02 Å². The zero-order valence-corrected chi connectivity index (χ0v) is 26.0. The maximum Gasteiger partial charge on any atom is 0.410 e. The summed E-state index contributed by atoms with van der Waals surface area (Å²) in [6.45, 7) is 10.3. The van der Waals surface area contributed by atoms with E-state index in [1.54, 1.807) is 12.1 Å². The van der Waals surface area contributed by atoms with Crippen LogP contribution in [0, 0.1) is 0 Å². The summed E-state index contributed by atoms with van der Waals surface area (Å²) in [7, 11) is 0. The van der Waals surface area contributed by atoms with Gasteiger partial charge >= 0.3 is 6.09 Å². The molecule has 0 bridgehead atoms. The van der Waals surface area contributed by atoms with E-state index in [0.717, 1.165) is 54.7 Å². The number of amides is 2. The van der Waals surface area contributed by atoms with E-state index in [0.29, 0.717) is 37.6 Å². The number of hydrogen-bond donors (Lipinski definition) is 1. The second-order valence-electron chi connectivity index (χ2n) is 13.0. The zero-order chi connectivity index (χ0) is 30.0. The third-order valence-electron chi connectivity index (χ3n) is 8.76. The van der Waals surface area contributed by atoms with E-state index in [4.69, 9.17) is 16.3 Å². The molecule has 2 fully saturated rings. The van der Waals surface area contributed by atoms with Gasteiger partial charge in [0, 0.05) is 49.4 Å². The number of rotatable bonds is 6. The van der Waals surface area contributed by atoms with Gasteiger partial charge in [-0.15, -0.1) is 0 Å². The fraction of sp³-hybridized carbons (Fsp3) is 0.625. The average Bonchev–Trinajstić information content (AvgIpc) is 3.26. The molecule has 3 atom stereocenters. The highest BCUT2D eigenvalue weighted by Gasteiger charge is 2.38. The number of fused-ring (bicyclic) bond motifs is 1. The summed E-state index contributed by atoms with van der Waals surface area (Å²) in [6.07, 6.45) is 6.37. The summed E-state index contributed by atoms with van der Waals surface area (Å²) in [5.74, 6) is 0.498. The fourth-order valence-electron chi connectivity index (χ4n) is 6.62. The van der Waals surface area contributed by atoms with Crippen molar-refractivity contribution in [2.45, 2.75) is 95.8 Å². The number of halogens is 1. The minimum Gasteiger partial charge on any atom is -0.444 e. The van der Waals surface area contributed by atoms with Gasteiger partial charge in [-0.05, 0) is 63.6 Å². The lowest BCUT2D eigenvalue weighted by molar-refractivity contribution is -0.133. The highest BCUT2D eigenvalue weighted by molar-refractivity contribution is 6.30. The monoisotopic (exact) mass is 597 g/mol. The number of piperazine rings is 1. The standard InChI is InChI=1S/C32H44ClN5O4/c1-21-18-26(39)28-27(21)29(35-20-34-28)36-14-16-37(17-15-36)30(40)25(22-10-12-23(33)13-11-22)19-38(24-8-6-5-7-9-24)31(41)42-32(2,3)4/h10-13,20-21,24-26,39H,5-9,14-19H2,1-4H3/t21-,25-,26-/m1/s1. The molecule has 1 saturated heterocycles. The Balaban J connectivity index is 1.36. The van der Waals surface area contributed by atoms with Gasteiger partial charge in [-0.2, -0.15) is 0 Å². The number of carbonyl (C=O) groups is 2. The maximum absolute atomic E-state index is 14.3. The highest BCUT2D eigenvalue weighted by atomic mass is 35.5. The summed E-state index contributed by atoms with van der Waals surface area (Å²) in [5.41, 5.74) is 1.95. The van der Waals surface area contributed by atoms with Crippen LogP contribution < -0.4 is 4.90 Å². The van der Waals surface area contributed by atoms with Crippen LogP contribution in [0.25, 0.3) is 0 Å². The lowest BCUT2D eigenvalue weighted by Crippen LogP contribution is -2.53. The Morgan fingerprint density at radius 3 is 2.38 bits per heavy atom. The SMILES string of the molecule is C[C@@H]1C[C@@H](O)c2ncnc(N3CCN(C(=O)[C@H](CN(C(=O)OC(C)(C)C)C4CCCCC4)c4ccc(Cl)cc4)CC3)c21. The molecule has 42 heavy (non-hydrogen) atoms. The molecule has 0 spiro atoms. The molecule has 1 aromatic carbocycles. The van der Waals surface area contributed by atoms with E-state index in [2.05, 4.69) is 21.8 Å². The zero-order valence-electron chi connectivity index (χ0n) is 25.3. The topological polar surface area (TPSA) is 99.1 Å². The van der Waals surface area contributed by atoms with Crippen molar-refractivity contribution in [3.05, 3.63) is 52.4 Å². The second kappa shape index (κ2) is 12.8. The summed E-state index contributed by atoms with van der Waals surface area (Å²) in [6, 6.07) is 7.45. The van der Waals surface area contributed by atoms with Crippen LogP contribution in [0.15, 0.2) is 30.6 Å². The van der Waals surface area contributed by atoms with Gasteiger partial charge in [-0.1, -0.05) is 49.9 Å². The molecule has 2 aliphatic carbocycles. The van der Waals surface area contributed by atoms with Crippen LogP contribution >= 0.6 is 11.6 Å². The van der Waals surface area contributed by atoms with E-state index >= 15 is 0 Å². The first-order valence-electron chi connectivity index (χ1n) is 15.3. The number of ether oxygens (including phenoxy) is 1. The number of aromatic nitrogens is 2. The summed E-state index contributed by atoms with van der Waals surface area (Å²) < 4.78 is 5.85. The maximum atomic E-state index is 14.3. The Bertz CT molecular complexity index is 1250. The summed E-state index contributed by atoms with van der Waals surface area (Å²) in [4.78, 5) is 42.7. The molecule has 9 nitrogen and oxygen atoms in total. The predicted octanol–water partition coefficient (Wildman–Crippen LogP) is 5.67. The molecule has 10 heteroatoms. The molecule has 1 aromatic heterocycles. The Labute approximate surface area is 254 Å². The molecule has 0 unspecified atom stereocenters. The lowest BCUT2D eigenvalue weighted by Gasteiger charge is -2.40. The van der Waals surface area contributed by atoms with Gasteiger partial charge in [0.05, 0.1) is 17.7 Å². The molecule has 1 aliphatic heterocycles. The van der Waals surface area contributed by atoms with E-state index < -0.39 is 17.6 Å². The molecule has 2 amide bonds. The highest BCUT2D eigenvalue weighted by Crippen LogP contribution is 2.43. The van der Waals surface area contributed by atoms with Crippen molar-refractivity contribution in [1.82, 2.24) is 19.8 Å². The molecular formula is C32H44ClN5O4. The van der Waals surface area contributed by atoms with Gasteiger partial charge in [-0.25, -0.2) is 14.8 Å². The van der Waals surface area contributed by atoms with Crippen LogP contribution in [0.4, 0.5) is 10.6 Å². The minimum atomic E-state index is -0.630. The molecule has 3 aliphatic rings. The normalized spacial score (nSPS) is 22.0. The van der Waals surface area contributed by atoms with Crippen LogP contribution in [0.5, 0.6) is 0 Å². The molecule has 2 aromatic rings. The first kappa shape index (κ1) is 30.5. The minimum absolute atomic E-state index is 0.00181. The van der Waals surface area contributed by atoms with Gasteiger partial charge in [0.1, 0.15) is 17.7 Å². The first-order chi connectivity index (χ1) is 20.0. The summed E-state index contributed by atoms with van der Waals surface area (Å²) >= 11 is 6.22. The van der Waals surface area contributed by atoms with Crippen molar-refractivity contribution in [3.8, 4) is 0 Å². The van der Waals surface area contributed by atoms with Crippen molar-refractivity contribution in [2.24, 2.45) is 0 Å². The number of anilines is 1. The number of hydrogen-bond acceptors (Lipinski definition) is 7. The van der Waals surface area contributed by atoms with Crippen molar-refractivity contribution in [1.29, 1.82) is 0 Å². The predicted molar refractivity (Wildman–Crippen MR) is 163 cm³/mol. The smallest absolute Gasteiger partial charge is 0.410 e. The van der Waals surface area contributed by atoms with Crippen LogP contribution in [0.3, 0.4) is 0 Å². The third kappa shape index (κ3) is 6.83. The van der Waals surface area contributed by atoms with Crippen molar-refractivity contribution < 1.29 is 19.4 Å². The van der Waals surface area contributed by atoms with E-state index in [9.17, 15) is 14.7 Å². The largest absolute Gasteiger partial charge is 0.444 e. The summed E-state index contributed by atoms with van der Waals surface area (Å²) in [5, 5.41) is 11.0. The number of aliphatic hydroxyl groups excluding tert-OH is 1. The number of nitrogens with zero attached hydrogens (tertiary/aromatic N) is 5. The van der Waals surface area contributed by atoms with Crippen LogP contribution in [0.1, 0.15) is 101 Å². The van der Waals surface area contributed by atoms with Crippen LogP contribution in [-0.4, -0.2) is 81.2 Å². The Hall–Kier alpha value is -2.91. The molecular weight excluding hydrogens is 554 g/mol. The number of carbonyl (C=O) groups excluding carboxylic acids is 2. The molecule has 1 saturated carbocycles. The van der Waals surface area contributed by atoms with E-state index in [-0.39, 0.29) is 30.5 Å². The van der Waals surface area contributed by atoms with Gasteiger partial charge in [0.15, 0.2) is 0 Å². The average molecular weight is 598 g/mol. The molecule has 228 valence electrons. The van der Waals surface area contributed by atoms with Gasteiger partial charge in [0.2, 0.25) is 5.91 Å². The van der Waals surface area contributed by atoms with E-state index in [1.807, 2.05) is 42.7 Å². The number of benzene rings is 1. The van der Waals surface area contributed by atoms with Crippen molar-refractivity contribution >= 4 is 29.4 Å². The van der Waals surface area contributed by atoms with E-state index in [1.165, 1.54) is 6.33 Å². The van der Waals surface area contributed by atoms with Gasteiger partial charge < -0.3 is 24.5 Å². The van der Waals surface area contributed by atoms with Gasteiger partial charge in [0.25, 0.3) is 0 Å². The van der Waals surface area contributed by atoms with Crippen LogP contribution in [-0.2, 0) is 9.53 Å². The Kier molecular flexibility index (Phi) is 9.28. The van der Waals surface area contributed by atoms with Crippen molar-refractivity contribution in [2.75, 3.05) is 37.6 Å². The molecule has 2 heterocycles. The number of aliphatic hydroxyl groups is 1. The molecule has 0 radical (unpaired) electrons. The second-order valence-corrected chi connectivity index (χ2v) is 13.4.